The Hall–Kier alpha value is -1.78. The number of alkyl halides is 1. The smallest absolute Gasteiger partial charge is 0.339 e. The molecule has 0 fully saturated rings. The number of hydrogen-bond donors (Lipinski definition) is 2. The summed E-state index contributed by atoms with van der Waals surface area (Å²) in [4.78, 5) is 10.5. The van der Waals surface area contributed by atoms with Crippen LogP contribution in [0.25, 0.3) is 0 Å². The number of carboxylic acids is 1. The highest BCUT2D eigenvalue weighted by atomic mass is 19.1. The Balaban J connectivity index is 2.83. The number of ether oxygens (including phenoxy) is 1. The van der Waals surface area contributed by atoms with Crippen LogP contribution < -0.4 is 4.74 Å². The summed E-state index contributed by atoms with van der Waals surface area (Å²) in [5.74, 6) is -1.38. The Morgan fingerprint density at radius 2 is 2.21 bits per heavy atom. The second kappa shape index (κ2) is 4.45. The molecule has 0 saturated heterocycles. The fourth-order valence-corrected chi connectivity index (χ4v) is 0.939. The molecule has 0 aliphatic heterocycles. The van der Waals surface area contributed by atoms with Crippen LogP contribution in [-0.2, 0) is 0 Å². The van der Waals surface area contributed by atoms with Crippen molar-refractivity contribution < 1.29 is 24.1 Å². The molecule has 0 amide bonds. The van der Waals surface area contributed by atoms with Gasteiger partial charge in [-0.1, -0.05) is 0 Å². The number of rotatable bonds is 4. The zero-order valence-electron chi connectivity index (χ0n) is 7.24. The third-order valence-electron chi connectivity index (χ3n) is 1.55. The third kappa shape index (κ3) is 2.35. The minimum Gasteiger partial charge on any atom is -0.507 e. The molecule has 1 rings (SSSR count). The van der Waals surface area contributed by atoms with Crippen molar-refractivity contribution in [2.24, 2.45) is 0 Å². The summed E-state index contributed by atoms with van der Waals surface area (Å²) in [6.45, 7) is -0.757. The number of halogens is 1. The van der Waals surface area contributed by atoms with Crippen LogP contribution in [0.2, 0.25) is 0 Å². The molecule has 2 N–H and O–H groups in total. The molecule has 0 atom stereocenters. The van der Waals surface area contributed by atoms with E-state index >= 15 is 0 Å². The van der Waals surface area contributed by atoms with Crippen molar-refractivity contribution in [3.8, 4) is 11.5 Å². The lowest BCUT2D eigenvalue weighted by Crippen LogP contribution is -2.00. The van der Waals surface area contributed by atoms with Gasteiger partial charge in [-0.05, 0) is 12.1 Å². The Morgan fingerprint density at radius 1 is 1.50 bits per heavy atom. The fourth-order valence-electron chi connectivity index (χ4n) is 0.939. The van der Waals surface area contributed by atoms with Gasteiger partial charge in [-0.3, -0.25) is 0 Å². The van der Waals surface area contributed by atoms with Crippen LogP contribution in [0.3, 0.4) is 0 Å². The lowest BCUT2D eigenvalue weighted by Gasteiger charge is -2.05. The van der Waals surface area contributed by atoms with Crippen LogP contribution in [0.5, 0.6) is 11.5 Å². The summed E-state index contributed by atoms with van der Waals surface area (Å²) < 4.78 is 16.5. The first kappa shape index (κ1) is 10.3. The molecule has 0 bridgehead atoms. The zero-order chi connectivity index (χ0) is 10.6. The van der Waals surface area contributed by atoms with Crippen LogP contribution in [0.1, 0.15) is 10.4 Å². The topological polar surface area (TPSA) is 66.8 Å². The number of phenols is 1. The zero-order valence-corrected chi connectivity index (χ0v) is 7.24. The molecular formula is C9H9FO4. The van der Waals surface area contributed by atoms with Crippen LogP contribution in [0.15, 0.2) is 18.2 Å². The summed E-state index contributed by atoms with van der Waals surface area (Å²) in [5, 5.41) is 17.8. The first-order valence-corrected chi connectivity index (χ1v) is 3.90. The Labute approximate surface area is 79.6 Å². The molecule has 0 heterocycles. The molecule has 0 saturated carbocycles. The molecule has 0 radical (unpaired) electrons. The van der Waals surface area contributed by atoms with E-state index in [0.717, 1.165) is 6.07 Å². The second-order valence-corrected chi connectivity index (χ2v) is 2.52. The minimum atomic E-state index is -1.22. The van der Waals surface area contributed by atoms with Gasteiger partial charge in [0.05, 0.1) is 0 Å². The van der Waals surface area contributed by atoms with Gasteiger partial charge in [-0.25, -0.2) is 9.18 Å². The summed E-state index contributed by atoms with van der Waals surface area (Å²) in [7, 11) is 0. The Kier molecular flexibility index (Phi) is 3.28. The largest absolute Gasteiger partial charge is 0.507 e. The van der Waals surface area contributed by atoms with Crippen LogP contribution >= 0.6 is 0 Å². The quantitative estimate of drug-likeness (QED) is 0.771. The molecule has 1 aromatic rings. The number of carboxylic acid groups (broad SMARTS) is 1. The monoisotopic (exact) mass is 200 g/mol. The molecule has 0 aromatic heterocycles. The second-order valence-electron chi connectivity index (χ2n) is 2.52. The average molecular weight is 200 g/mol. The number of carbonyl (C=O) groups is 1. The molecule has 0 spiro atoms. The van der Waals surface area contributed by atoms with E-state index in [4.69, 9.17) is 9.84 Å². The normalized spacial score (nSPS) is 9.79. The van der Waals surface area contributed by atoms with Crippen molar-refractivity contribution in [1.29, 1.82) is 0 Å². The first-order chi connectivity index (χ1) is 6.65. The highest BCUT2D eigenvalue weighted by Crippen LogP contribution is 2.23. The van der Waals surface area contributed by atoms with Crippen molar-refractivity contribution in [1.82, 2.24) is 0 Å². The van der Waals surface area contributed by atoms with Gasteiger partial charge in [0.15, 0.2) is 0 Å². The van der Waals surface area contributed by atoms with Gasteiger partial charge in [-0.15, -0.1) is 0 Å². The standard InChI is InChI=1S/C9H9FO4/c10-3-4-14-6-1-2-7(9(12)13)8(11)5-6/h1-2,5,11H,3-4H2,(H,12,13). The van der Waals surface area contributed by atoms with Gasteiger partial charge < -0.3 is 14.9 Å². The minimum absolute atomic E-state index is 0.119. The lowest BCUT2D eigenvalue weighted by molar-refractivity contribution is 0.0693. The highest BCUT2D eigenvalue weighted by molar-refractivity contribution is 5.90. The number of benzene rings is 1. The molecule has 1 aromatic carbocycles. The van der Waals surface area contributed by atoms with Crippen molar-refractivity contribution >= 4 is 5.97 Å². The summed E-state index contributed by atoms with van der Waals surface area (Å²) in [6.07, 6.45) is 0. The van der Waals surface area contributed by atoms with E-state index in [-0.39, 0.29) is 17.9 Å². The summed E-state index contributed by atoms with van der Waals surface area (Å²) in [6, 6.07) is 3.70. The lowest BCUT2D eigenvalue weighted by atomic mass is 10.2. The van der Waals surface area contributed by atoms with Crippen LogP contribution in [0, 0.1) is 0 Å². The molecule has 76 valence electrons. The van der Waals surface area contributed by atoms with Crippen molar-refractivity contribution in [3.63, 3.8) is 0 Å². The highest BCUT2D eigenvalue weighted by Gasteiger charge is 2.09. The van der Waals surface area contributed by atoms with Crippen LogP contribution in [0.4, 0.5) is 4.39 Å². The van der Waals surface area contributed by atoms with Gasteiger partial charge in [0.25, 0.3) is 0 Å². The molecule has 5 heteroatoms. The summed E-state index contributed by atoms with van der Waals surface area (Å²) in [5.41, 5.74) is -0.211. The third-order valence-corrected chi connectivity index (χ3v) is 1.55. The average Bonchev–Trinajstić information content (AvgIpc) is 2.14. The number of aromatic carboxylic acids is 1. The number of aromatic hydroxyl groups is 1. The van der Waals surface area contributed by atoms with E-state index in [9.17, 15) is 14.3 Å². The van der Waals surface area contributed by atoms with E-state index in [0.29, 0.717) is 0 Å². The molecule has 0 unspecified atom stereocenters. The SMILES string of the molecule is O=C(O)c1ccc(OCCF)cc1O. The molecular weight excluding hydrogens is 191 g/mol. The van der Waals surface area contributed by atoms with E-state index in [1.807, 2.05) is 0 Å². The molecule has 14 heavy (non-hydrogen) atoms. The van der Waals surface area contributed by atoms with Crippen molar-refractivity contribution in [2.45, 2.75) is 0 Å². The van der Waals surface area contributed by atoms with Crippen molar-refractivity contribution in [3.05, 3.63) is 23.8 Å². The predicted molar refractivity (Wildman–Crippen MR) is 46.5 cm³/mol. The maximum absolute atomic E-state index is 11.7. The van der Waals surface area contributed by atoms with E-state index in [1.165, 1.54) is 12.1 Å². The van der Waals surface area contributed by atoms with Gasteiger partial charge >= 0.3 is 5.97 Å². The van der Waals surface area contributed by atoms with Gasteiger partial charge in [0.2, 0.25) is 0 Å². The van der Waals surface area contributed by atoms with Gasteiger partial charge in [0.1, 0.15) is 30.3 Å². The van der Waals surface area contributed by atoms with E-state index < -0.39 is 18.4 Å². The van der Waals surface area contributed by atoms with Crippen molar-refractivity contribution in [2.75, 3.05) is 13.3 Å². The maximum atomic E-state index is 11.7. The Bertz CT molecular complexity index is 338. The fraction of sp³-hybridized carbons (Fsp3) is 0.222. The van der Waals surface area contributed by atoms with Gasteiger partial charge in [0, 0.05) is 6.07 Å². The van der Waals surface area contributed by atoms with E-state index in [1.54, 1.807) is 0 Å². The van der Waals surface area contributed by atoms with E-state index in [2.05, 4.69) is 0 Å². The molecule has 4 nitrogen and oxygen atoms in total. The molecule has 0 aliphatic carbocycles. The Morgan fingerprint density at radius 3 is 2.71 bits per heavy atom. The van der Waals surface area contributed by atoms with Gasteiger partial charge in [-0.2, -0.15) is 0 Å². The number of hydrogen-bond acceptors (Lipinski definition) is 3. The van der Waals surface area contributed by atoms with Crippen LogP contribution in [-0.4, -0.2) is 29.5 Å². The maximum Gasteiger partial charge on any atom is 0.339 e. The predicted octanol–water partition coefficient (Wildman–Crippen LogP) is 1.44. The summed E-state index contributed by atoms with van der Waals surface area (Å²) >= 11 is 0. The first-order valence-electron chi connectivity index (χ1n) is 3.90. The molecule has 0 aliphatic rings.